The van der Waals surface area contributed by atoms with Crippen molar-refractivity contribution in [2.24, 2.45) is 5.73 Å². The molecule has 3 heterocycles. The molecule has 21 heavy (non-hydrogen) atoms. The molecule has 1 aromatic rings. The first-order valence-corrected chi connectivity index (χ1v) is 8.01. The number of amides is 1. The van der Waals surface area contributed by atoms with Crippen LogP contribution in [-0.4, -0.2) is 35.1 Å². The summed E-state index contributed by atoms with van der Waals surface area (Å²) in [4.78, 5) is 18.9. The van der Waals surface area contributed by atoms with Crippen LogP contribution in [0.4, 0.5) is 5.82 Å². The number of fused-ring (bicyclic) bond motifs is 2. The third-order valence-electron chi connectivity index (χ3n) is 4.96. The monoisotopic (exact) mass is 286 g/mol. The Morgan fingerprint density at radius 3 is 2.48 bits per heavy atom. The highest BCUT2D eigenvalue weighted by Crippen LogP contribution is 2.37. The number of hydrogen-bond acceptors (Lipinski definition) is 4. The van der Waals surface area contributed by atoms with Crippen molar-refractivity contribution in [2.45, 2.75) is 62.7 Å². The van der Waals surface area contributed by atoms with Gasteiger partial charge in [-0.25, -0.2) is 4.98 Å². The van der Waals surface area contributed by atoms with Gasteiger partial charge in [-0.3, -0.25) is 4.79 Å². The summed E-state index contributed by atoms with van der Waals surface area (Å²) in [6, 6.07) is 5.66. The van der Waals surface area contributed by atoms with Gasteiger partial charge >= 0.3 is 0 Å². The average Bonchev–Trinajstić information content (AvgIpc) is 3.24. The third-order valence-corrected chi connectivity index (χ3v) is 4.96. The molecule has 1 unspecified atom stereocenters. The van der Waals surface area contributed by atoms with Gasteiger partial charge in [0.1, 0.15) is 5.82 Å². The topological polar surface area (TPSA) is 71.2 Å². The van der Waals surface area contributed by atoms with E-state index < -0.39 is 0 Å². The Balaban J connectivity index is 1.50. The highest BCUT2D eigenvalue weighted by Gasteiger charge is 2.40. The van der Waals surface area contributed by atoms with Crippen molar-refractivity contribution in [3.8, 4) is 0 Å². The molecular weight excluding hydrogens is 264 g/mol. The number of hydrogen-bond donors (Lipinski definition) is 2. The highest BCUT2D eigenvalue weighted by atomic mass is 16.1. The van der Waals surface area contributed by atoms with E-state index in [1.807, 2.05) is 12.1 Å². The zero-order chi connectivity index (χ0) is 14.4. The summed E-state index contributed by atoms with van der Waals surface area (Å²) >= 11 is 0. The normalized spacial score (nSPS) is 31.3. The summed E-state index contributed by atoms with van der Waals surface area (Å²) in [6.45, 7) is 0. The number of nitrogens with one attached hydrogen (secondary N) is 1. The molecule has 2 saturated heterocycles. The van der Waals surface area contributed by atoms with Crippen LogP contribution in [0, 0.1) is 0 Å². The van der Waals surface area contributed by atoms with E-state index in [0.717, 1.165) is 31.5 Å². The predicted molar refractivity (Wildman–Crippen MR) is 81.2 cm³/mol. The number of pyridine rings is 1. The van der Waals surface area contributed by atoms with Gasteiger partial charge in [0.15, 0.2) is 0 Å². The maximum Gasteiger partial charge on any atom is 0.253 e. The second-order valence-electron chi connectivity index (χ2n) is 6.68. The number of aromatic nitrogens is 1. The van der Waals surface area contributed by atoms with Crippen LogP contribution < -0.4 is 16.0 Å². The van der Waals surface area contributed by atoms with Gasteiger partial charge in [0.25, 0.3) is 5.91 Å². The maximum absolute atomic E-state index is 12.0. The van der Waals surface area contributed by atoms with Crippen molar-refractivity contribution in [3.05, 3.63) is 23.9 Å². The fourth-order valence-corrected chi connectivity index (χ4v) is 3.76. The lowest BCUT2D eigenvalue weighted by Gasteiger charge is -2.38. The van der Waals surface area contributed by atoms with Gasteiger partial charge in [0, 0.05) is 30.4 Å². The summed E-state index contributed by atoms with van der Waals surface area (Å²) in [5, 5.41) is 3.00. The van der Waals surface area contributed by atoms with Crippen molar-refractivity contribution < 1.29 is 4.79 Å². The largest absolute Gasteiger partial charge is 0.351 e. The second-order valence-corrected chi connectivity index (χ2v) is 6.68. The van der Waals surface area contributed by atoms with Gasteiger partial charge in [-0.05, 0) is 50.7 Å². The van der Waals surface area contributed by atoms with Crippen LogP contribution >= 0.6 is 0 Å². The first-order valence-electron chi connectivity index (χ1n) is 8.01. The van der Waals surface area contributed by atoms with Crippen LogP contribution in [0.1, 0.15) is 48.9 Å². The lowest BCUT2D eigenvalue weighted by atomic mass is 9.98. The maximum atomic E-state index is 12.0. The predicted octanol–water partition coefficient (Wildman–Crippen LogP) is 1.43. The van der Waals surface area contributed by atoms with Crippen molar-refractivity contribution >= 4 is 11.7 Å². The standard InChI is InChI=1S/C16H22N4O/c17-11-7-13-4-5-14(8-11)20(13)15-6-1-10(9-18-15)16(21)19-12-2-3-12/h1,6,9,11-14H,2-5,7-8,17H2,(H,19,21)/t11?,13-,14+. The summed E-state index contributed by atoms with van der Waals surface area (Å²) in [7, 11) is 0. The number of carbonyl (C=O) groups is 1. The number of nitrogens with zero attached hydrogens (tertiary/aromatic N) is 2. The molecule has 5 heteroatoms. The third kappa shape index (κ3) is 2.50. The van der Waals surface area contributed by atoms with Gasteiger partial charge in [-0.1, -0.05) is 0 Å². The molecule has 2 aliphatic heterocycles. The van der Waals surface area contributed by atoms with E-state index >= 15 is 0 Å². The van der Waals surface area contributed by atoms with Gasteiger partial charge in [-0.2, -0.15) is 0 Å². The second kappa shape index (κ2) is 4.98. The molecule has 3 atom stereocenters. The molecule has 0 aromatic carbocycles. The summed E-state index contributed by atoms with van der Waals surface area (Å²) in [5.41, 5.74) is 6.77. The Hall–Kier alpha value is -1.62. The zero-order valence-corrected chi connectivity index (χ0v) is 12.2. The van der Waals surface area contributed by atoms with Gasteiger partial charge in [-0.15, -0.1) is 0 Å². The molecule has 1 aromatic heterocycles. The number of nitrogens with two attached hydrogens (primary N) is 1. The Bertz CT molecular complexity index is 526. The van der Waals surface area contributed by atoms with E-state index in [9.17, 15) is 4.79 Å². The summed E-state index contributed by atoms with van der Waals surface area (Å²) in [6.07, 6.45) is 8.46. The quantitative estimate of drug-likeness (QED) is 0.882. The van der Waals surface area contributed by atoms with Crippen molar-refractivity contribution in [3.63, 3.8) is 0 Å². The van der Waals surface area contributed by atoms with Crippen LogP contribution in [-0.2, 0) is 0 Å². The molecule has 3 N–H and O–H groups in total. The molecule has 4 rings (SSSR count). The van der Waals surface area contributed by atoms with Crippen molar-refractivity contribution in [2.75, 3.05) is 4.90 Å². The summed E-state index contributed by atoms with van der Waals surface area (Å²) in [5.74, 6) is 0.998. The van der Waals surface area contributed by atoms with Crippen LogP contribution in [0.3, 0.4) is 0 Å². The Morgan fingerprint density at radius 2 is 1.90 bits per heavy atom. The molecule has 3 fully saturated rings. The zero-order valence-electron chi connectivity index (χ0n) is 12.2. The van der Waals surface area contributed by atoms with Gasteiger partial charge in [0.05, 0.1) is 5.56 Å². The van der Waals surface area contributed by atoms with E-state index in [1.165, 1.54) is 12.8 Å². The molecule has 1 saturated carbocycles. The fourth-order valence-electron chi connectivity index (χ4n) is 3.76. The smallest absolute Gasteiger partial charge is 0.253 e. The van der Waals surface area contributed by atoms with Crippen molar-refractivity contribution in [1.82, 2.24) is 10.3 Å². The van der Waals surface area contributed by atoms with E-state index in [-0.39, 0.29) is 5.91 Å². The SMILES string of the molecule is NC1C[C@H]2CC[C@@H](C1)N2c1ccc(C(=O)NC2CC2)cn1. The average molecular weight is 286 g/mol. The fraction of sp³-hybridized carbons (Fsp3) is 0.625. The number of rotatable bonds is 3. The summed E-state index contributed by atoms with van der Waals surface area (Å²) < 4.78 is 0. The molecule has 1 aliphatic carbocycles. The molecule has 0 radical (unpaired) electrons. The number of anilines is 1. The molecule has 3 aliphatic rings. The minimum absolute atomic E-state index is 0.000174. The lowest BCUT2D eigenvalue weighted by Crippen LogP contribution is -2.47. The van der Waals surface area contributed by atoms with E-state index in [1.54, 1.807) is 6.20 Å². The van der Waals surface area contributed by atoms with Gasteiger partial charge in [0.2, 0.25) is 0 Å². The van der Waals surface area contributed by atoms with Crippen molar-refractivity contribution in [1.29, 1.82) is 0 Å². The lowest BCUT2D eigenvalue weighted by molar-refractivity contribution is 0.0950. The van der Waals surface area contributed by atoms with E-state index in [2.05, 4.69) is 15.2 Å². The Kier molecular flexibility index (Phi) is 3.10. The van der Waals surface area contributed by atoms with E-state index in [4.69, 9.17) is 5.73 Å². The molecule has 0 spiro atoms. The number of piperidine rings is 1. The first kappa shape index (κ1) is 13.1. The van der Waals surface area contributed by atoms with Crippen LogP contribution in [0.2, 0.25) is 0 Å². The molecule has 112 valence electrons. The first-order chi connectivity index (χ1) is 10.2. The Morgan fingerprint density at radius 1 is 1.19 bits per heavy atom. The minimum atomic E-state index is 0.000174. The number of carbonyl (C=O) groups excluding carboxylic acids is 1. The van der Waals surface area contributed by atoms with E-state index in [0.29, 0.717) is 29.7 Å². The van der Waals surface area contributed by atoms with Crippen LogP contribution in [0.5, 0.6) is 0 Å². The Labute approximate surface area is 124 Å². The van der Waals surface area contributed by atoms with Crippen LogP contribution in [0.15, 0.2) is 18.3 Å². The minimum Gasteiger partial charge on any atom is -0.351 e. The molecule has 1 amide bonds. The van der Waals surface area contributed by atoms with Crippen LogP contribution in [0.25, 0.3) is 0 Å². The van der Waals surface area contributed by atoms with Gasteiger partial charge < -0.3 is 16.0 Å². The highest BCUT2D eigenvalue weighted by molar-refractivity contribution is 5.94. The molecule has 2 bridgehead atoms. The molecule has 5 nitrogen and oxygen atoms in total. The molecular formula is C16H22N4O.